The smallest absolute Gasteiger partial charge is 0.250 e. The quantitative estimate of drug-likeness (QED) is 0.187. The number of nitrogens with one attached hydrogen (secondary N) is 3. The first-order valence-electron chi connectivity index (χ1n) is 7.35. The van der Waals surface area contributed by atoms with Crippen LogP contribution in [-0.4, -0.2) is 40.1 Å². The fourth-order valence-corrected chi connectivity index (χ4v) is 4.14. The van der Waals surface area contributed by atoms with Crippen LogP contribution in [-0.2, 0) is 10.0 Å². The molecule has 0 saturated carbocycles. The van der Waals surface area contributed by atoms with Gasteiger partial charge in [0.1, 0.15) is 4.21 Å². The lowest BCUT2D eigenvalue weighted by Gasteiger charge is -2.16. The number of hydrogen-bond acceptors (Lipinski definition) is 4. The van der Waals surface area contributed by atoms with Crippen LogP contribution in [0.5, 0.6) is 0 Å². The summed E-state index contributed by atoms with van der Waals surface area (Å²) in [5.41, 5.74) is 0. The minimum absolute atomic E-state index is 0. The lowest BCUT2D eigenvalue weighted by molar-refractivity contribution is 0.583. The van der Waals surface area contributed by atoms with Crippen LogP contribution in [0.2, 0.25) is 0 Å². The molecule has 1 aromatic rings. The van der Waals surface area contributed by atoms with E-state index in [0.29, 0.717) is 16.8 Å². The maximum atomic E-state index is 12.0. The summed E-state index contributed by atoms with van der Waals surface area (Å²) in [6.07, 6.45) is 6.29. The van der Waals surface area contributed by atoms with Crippen LogP contribution < -0.4 is 15.4 Å². The molecule has 0 fully saturated rings. The van der Waals surface area contributed by atoms with E-state index in [1.54, 1.807) is 17.5 Å². The topological polar surface area (TPSA) is 82.6 Å². The van der Waals surface area contributed by atoms with Crippen LogP contribution in [0.3, 0.4) is 0 Å². The van der Waals surface area contributed by atoms with Gasteiger partial charge in [-0.25, -0.2) is 13.1 Å². The zero-order valence-corrected chi connectivity index (χ0v) is 17.0. The standard InChI is InChI=1S/C14H22N4O2S2.HI/c1-2-15-14(18-12-6-3-4-7-12)16-9-10-17-22(19,20)13-8-5-11-21-13;/h3-5,8,11-12,17H,2,6-7,9-10H2,1H3,(H2,15,16,18);1H. The second-order valence-corrected chi connectivity index (χ2v) is 7.82. The molecule has 0 saturated heterocycles. The Bertz CT molecular complexity index is 607. The molecule has 1 aliphatic carbocycles. The molecule has 1 heterocycles. The van der Waals surface area contributed by atoms with Gasteiger partial charge < -0.3 is 10.6 Å². The van der Waals surface area contributed by atoms with Crippen molar-refractivity contribution in [3.63, 3.8) is 0 Å². The number of thiophene rings is 1. The maximum Gasteiger partial charge on any atom is 0.250 e. The van der Waals surface area contributed by atoms with Crippen molar-refractivity contribution in [1.82, 2.24) is 15.4 Å². The van der Waals surface area contributed by atoms with Crippen molar-refractivity contribution >= 4 is 51.3 Å². The first-order valence-corrected chi connectivity index (χ1v) is 9.71. The SMILES string of the molecule is CCNC(=NCCNS(=O)(=O)c1cccs1)NC1CC=CC1.I. The van der Waals surface area contributed by atoms with Gasteiger partial charge in [0, 0.05) is 19.1 Å². The fourth-order valence-electron chi connectivity index (χ4n) is 2.08. The molecule has 0 spiro atoms. The van der Waals surface area contributed by atoms with Crippen LogP contribution in [0.1, 0.15) is 19.8 Å². The number of nitrogens with zero attached hydrogens (tertiary/aromatic N) is 1. The minimum Gasteiger partial charge on any atom is -0.357 e. The van der Waals surface area contributed by atoms with Gasteiger partial charge in [-0.1, -0.05) is 18.2 Å². The number of aliphatic imine (C=N–C) groups is 1. The Kier molecular flexibility index (Phi) is 9.10. The van der Waals surface area contributed by atoms with Gasteiger partial charge in [0.2, 0.25) is 10.0 Å². The summed E-state index contributed by atoms with van der Waals surface area (Å²) in [6.45, 7) is 3.44. The lowest BCUT2D eigenvalue weighted by atomic mass is 10.2. The lowest BCUT2D eigenvalue weighted by Crippen LogP contribution is -2.42. The predicted octanol–water partition coefficient (Wildman–Crippen LogP) is 1.92. The Hall–Kier alpha value is -0.650. The van der Waals surface area contributed by atoms with E-state index in [2.05, 4.69) is 32.5 Å². The van der Waals surface area contributed by atoms with Crippen molar-refractivity contribution in [3.8, 4) is 0 Å². The second-order valence-electron chi connectivity index (χ2n) is 4.87. The Morgan fingerprint density at radius 2 is 2.13 bits per heavy atom. The van der Waals surface area contributed by atoms with Crippen molar-refractivity contribution in [3.05, 3.63) is 29.7 Å². The highest BCUT2D eigenvalue weighted by Crippen LogP contribution is 2.14. The average molecular weight is 470 g/mol. The Labute approximate surface area is 158 Å². The molecule has 130 valence electrons. The summed E-state index contributed by atoms with van der Waals surface area (Å²) in [6, 6.07) is 3.69. The van der Waals surface area contributed by atoms with E-state index in [4.69, 9.17) is 0 Å². The third kappa shape index (κ3) is 6.77. The first kappa shape index (κ1) is 20.4. The molecule has 9 heteroatoms. The summed E-state index contributed by atoms with van der Waals surface area (Å²) >= 11 is 1.21. The predicted molar refractivity (Wildman–Crippen MR) is 106 cm³/mol. The highest BCUT2D eigenvalue weighted by Gasteiger charge is 2.14. The number of halogens is 1. The van der Waals surface area contributed by atoms with E-state index in [0.717, 1.165) is 25.3 Å². The molecule has 0 bridgehead atoms. The van der Waals surface area contributed by atoms with E-state index < -0.39 is 10.0 Å². The largest absolute Gasteiger partial charge is 0.357 e. The number of hydrogen-bond donors (Lipinski definition) is 3. The Morgan fingerprint density at radius 1 is 1.39 bits per heavy atom. The second kappa shape index (κ2) is 10.3. The molecule has 1 aliphatic rings. The van der Waals surface area contributed by atoms with E-state index in [-0.39, 0.29) is 30.5 Å². The normalized spacial score (nSPS) is 15.4. The van der Waals surface area contributed by atoms with Crippen molar-refractivity contribution in [1.29, 1.82) is 0 Å². The van der Waals surface area contributed by atoms with Gasteiger partial charge in [0.05, 0.1) is 6.54 Å². The zero-order chi connectivity index (χ0) is 15.8. The van der Waals surface area contributed by atoms with Crippen molar-refractivity contribution < 1.29 is 8.42 Å². The first-order chi connectivity index (χ1) is 10.6. The van der Waals surface area contributed by atoms with E-state index in [1.165, 1.54) is 11.3 Å². The summed E-state index contributed by atoms with van der Waals surface area (Å²) in [7, 11) is -3.40. The van der Waals surface area contributed by atoms with Crippen LogP contribution in [0.25, 0.3) is 0 Å². The molecule has 23 heavy (non-hydrogen) atoms. The third-order valence-electron chi connectivity index (χ3n) is 3.13. The van der Waals surface area contributed by atoms with E-state index in [9.17, 15) is 8.42 Å². The molecular weight excluding hydrogens is 447 g/mol. The summed E-state index contributed by atoms with van der Waals surface area (Å²) in [5, 5.41) is 8.26. The molecule has 1 aromatic heterocycles. The van der Waals surface area contributed by atoms with Crippen molar-refractivity contribution in [2.75, 3.05) is 19.6 Å². The van der Waals surface area contributed by atoms with Gasteiger partial charge in [0.15, 0.2) is 5.96 Å². The molecule has 0 aliphatic heterocycles. The molecule has 0 radical (unpaired) electrons. The van der Waals surface area contributed by atoms with Crippen LogP contribution in [0, 0.1) is 0 Å². The van der Waals surface area contributed by atoms with Gasteiger partial charge >= 0.3 is 0 Å². The molecule has 3 N–H and O–H groups in total. The monoisotopic (exact) mass is 470 g/mol. The fraction of sp³-hybridized carbons (Fsp3) is 0.500. The summed E-state index contributed by atoms with van der Waals surface area (Å²) < 4.78 is 26.8. The number of guanidine groups is 1. The van der Waals surface area contributed by atoms with E-state index in [1.807, 2.05) is 6.92 Å². The average Bonchev–Trinajstić information content (AvgIpc) is 3.16. The minimum atomic E-state index is -3.40. The molecule has 0 amide bonds. The molecule has 2 rings (SSSR count). The van der Waals surface area contributed by atoms with Gasteiger partial charge in [-0.05, 0) is 31.2 Å². The van der Waals surface area contributed by atoms with Crippen LogP contribution >= 0.6 is 35.3 Å². The molecule has 0 unspecified atom stereocenters. The molecule has 0 aromatic carbocycles. The van der Waals surface area contributed by atoms with Crippen molar-refractivity contribution in [2.24, 2.45) is 4.99 Å². The highest BCUT2D eigenvalue weighted by molar-refractivity contribution is 14.0. The third-order valence-corrected chi connectivity index (χ3v) is 5.99. The summed E-state index contributed by atoms with van der Waals surface area (Å²) in [4.78, 5) is 4.40. The highest BCUT2D eigenvalue weighted by atomic mass is 127. The van der Waals surface area contributed by atoms with Crippen LogP contribution in [0.15, 0.2) is 38.9 Å². The molecule has 0 atom stereocenters. The summed E-state index contributed by atoms with van der Waals surface area (Å²) in [5.74, 6) is 0.728. The van der Waals surface area contributed by atoms with Gasteiger partial charge in [-0.15, -0.1) is 35.3 Å². The van der Waals surface area contributed by atoms with E-state index >= 15 is 0 Å². The maximum absolute atomic E-state index is 12.0. The van der Waals surface area contributed by atoms with Gasteiger partial charge in [0.25, 0.3) is 0 Å². The zero-order valence-electron chi connectivity index (χ0n) is 13.0. The van der Waals surface area contributed by atoms with Gasteiger partial charge in [-0.2, -0.15) is 0 Å². The van der Waals surface area contributed by atoms with Crippen molar-refractivity contribution in [2.45, 2.75) is 30.0 Å². The number of sulfonamides is 1. The Balaban J connectivity index is 0.00000264. The molecule has 6 nitrogen and oxygen atoms in total. The number of rotatable bonds is 7. The van der Waals surface area contributed by atoms with Crippen LogP contribution in [0.4, 0.5) is 0 Å². The molecular formula is C14H23IN4O2S2. The van der Waals surface area contributed by atoms with Gasteiger partial charge in [-0.3, -0.25) is 4.99 Å². The Morgan fingerprint density at radius 3 is 2.74 bits per heavy atom.